The third kappa shape index (κ3) is 4.29. The van der Waals surface area contributed by atoms with Gasteiger partial charge < -0.3 is 10.1 Å². The van der Waals surface area contributed by atoms with Crippen LogP contribution in [0.2, 0.25) is 0 Å². The van der Waals surface area contributed by atoms with E-state index in [9.17, 15) is 14.9 Å². The minimum absolute atomic E-state index is 0.00728. The number of aryl methyl sites for hydroxylation is 3. The summed E-state index contributed by atoms with van der Waals surface area (Å²) < 4.78 is 5.53. The normalized spacial score (nSPS) is 10.2. The molecule has 0 spiro atoms. The first kappa shape index (κ1) is 16.5. The second-order valence-electron chi connectivity index (χ2n) is 5.36. The average Bonchev–Trinajstić information content (AvgIpc) is 2.50. The number of nitro groups is 1. The van der Waals surface area contributed by atoms with Crippen LogP contribution in [-0.4, -0.2) is 17.4 Å². The van der Waals surface area contributed by atoms with Crippen molar-refractivity contribution in [2.24, 2.45) is 0 Å². The number of hydrogen-bond donors (Lipinski definition) is 1. The topological polar surface area (TPSA) is 81.5 Å². The molecule has 0 heterocycles. The molecule has 2 aromatic carbocycles. The number of nitrogens with zero attached hydrogens (tertiary/aromatic N) is 1. The minimum Gasteiger partial charge on any atom is -0.483 e. The van der Waals surface area contributed by atoms with E-state index in [1.54, 1.807) is 6.92 Å². The summed E-state index contributed by atoms with van der Waals surface area (Å²) >= 11 is 0. The maximum Gasteiger partial charge on any atom is 0.269 e. The first-order valence-corrected chi connectivity index (χ1v) is 7.12. The van der Waals surface area contributed by atoms with Crippen molar-refractivity contribution < 1.29 is 14.5 Å². The summed E-state index contributed by atoms with van der Waals surface area (Å²) in [6.45, 7) is 5.44. The van der Waals surface area contributed by atoms with Crippen LogP contribution in [-0.2, 0) is 4.79 Å². The number of nitro benzene ring substituents is 1. The van der Waals surface area contributed by atoms with Crippen molar-refractivity contribution in [1.82, 2.24) is 0 Å². The number of nitrogens with one attached hydrogen (secondary N) is 1. The van der Waals surface area contributed by atoms with Gasteiger partial charge in [0.2, 0.25) is 0 Å². The lowest BCUT2D eigenvalue weighted by Crippen LogP contribution is -2.21. The molecule has 0 bridgehead atoms. The molecule has 0 aromatic heterocycles. The molecule has 0 saturated carbocycles. The third-order valence-corrected chi connectivity index (χ3v) is 3.40. The second-order valence-corrected chi connectivity index (χ2v) is 5.36. The van der Waals surface area contributed by atoms with Crippen molar-refractivity contribution >= 4 is 17.3 Å². The lowest BCUT2D eigenvalue weighted by molar-refractivity contribution is -0.384. The molecule has 0 atom stereocenters. The zero-order valence-corrected chi connectivity index (χ0v) is 13.3. The van der Waals surface area contributed by atoms with Gasteiger partial charge >= 0.3 is 0 Å². The predicted molar refractivity (Wildman–Crippen MR) is 87.9 cm³/mol. The summed E-state index contributed by atoms with van der Waals surface area (Å²) in [5.41, 5.74) is 3.16. The lowest BCUT2D eigenvalue weighted by atomic mass is 10.1. The van der Waals surface area contributed by atoms with Crippen LogP contribution in [0.5, 0.6) is 5.75 Å². The summed E-state index contributed by atoms with van der Waals surface area (Å²) in [7, 11) is 0. The molecule has 0 aliphatic carbocycles. The third-order valence-electron chi connectivity index (χ3n) is 3.40. The SMILES string of the molecule is Cc1ccc(C)c(OCC(=O)Nc2ccc([N+](=O)[O-])cc2C)c1. The molecule has 0 saturated heterocycles. The van der Waals surface area contributed by atoms with Crippen LogP contribution in [0.25, 0.3) is 0 Å². The largest absolute Gasteiger partial charge is 0.483 e. The van der Waals surface area contributed by atoms with Gasteiger partial charge in [-0.2, -0.15) is 0 Å². The molecule has 23 heavy (non-hydrogen) atoms. The number of hydrogen-bond acceptors (Lipinski definition) is 4. The predicted octanol–water partition coefficient (Wildman–Crippen LogP) is 3.54. The highest BCUT2D eigenvalue weighted by molar-refractivity contribution is 5.92. The molecule has 6 heteroatoms. The van der Waals surface area contributed by atoms with E-state index in [0.29, 0.717) is 17.0 Å². The van der Waals surface area contributed by atoms with Gasteiger partial charge in [0.1, 0.15) is 5.75 Å². The number of carbonyl (C=O) groups is 1. The highest BCUT2D eigenvalue weighted by Crippen LogP contribution is 2.22. The van der Waals surface area contributed by atoms with Crippen molar-refractivity contribution in [2.75, 3.05) is 11.9 Å². The fourth-order valence-corrected chi connectivity index (χ4v) is 2.09. The molecule has 2 rings (SSSR count). The monoisotopic (exact) mass is 314 g/mol. The quantitative estimate of drug-likeness (QED) is 0.676. The van der Waals surface area contributed by atoms with E-state index in [1.807, 2.05) is 32.0 Å². The van der Waals surface area contributed by atoms with Gasteiger partial charge in [0.15, 0.2) is 6.61 Å². The fraction of sp³-hybridized carbons (Fsp3) is 0.235. The van der Waals surface area contributed by atoms with E-state index in [0.717, 1.165) is 11.1 Å². The Morgan fingerprint density at radius 3 is 2.52 bits per heavy atom. The van der Waals surface area contributed by atoms with Crippen LogP contribution >= 0.6 is 0 Å². The molecule has 0 aliphatic rings. The molecule has 1 N–H and O–H groups in total. The standard InChI is InChI=1S/C17H18N2O4/c1-11-4-5-12(2)16(8-11)23-10-17(20)18-15-7-6-14(19(21)22)9-13(15)3/h4-9H,10H2,1-3H3,(H,18,20). The summed E-state index contributed by atoms with van der Waals surface area (Å²) in [6, 6.07) is 10.1. The van der Waals surface area contributed by atoms with Gasteiger partial charge in [-0.1, -0.05) is 12.1 Å². The van der Waals surface area contributed by atoms with E-state index in [4.69, 9.17) is 4.74 Å². The molecule has 0 unspecified atom stereocenters. The molecule has 2 aromatic rings. The molecule has 0 fully saturated rings. The van der Waals surface area contributed by atoms with Crippen molar-refractivity contribution in [3.63, 3.8) is 0 Å². The maximum atomic E-state index is 12.0. The van der Waals surface area contributed by atoms with Crippen LogP contribution in [0, 0.1) is 30.9 Å². The number of benzene rings is 2. The summed E-state index contributed by atoms with van der Waals surface area (Å²) in [6.07, 6.45) is 0. The van der Waals surface area contributed by atoms with Gasteiger partial charge in [-0.3, -0.25) is 14.9 Å². The molecular formula is C17H18N2O4. The second kappa shape index (κ2) is 6.91. The zero-order valence-electron chi connectivity index (χ0n) is 13.3. The van der Waals surface area contributed by atoms with Crippen molar-refractivity contribution in [3.05, 3.63) is 63.2 Å². The molecule has 0 aliphatic heterocycles. The van der Waals surface area contributed by atoms with Gasteiger partial charge in [0.25, 0.3) is 11.6 Å². The van der Waals surface area contributed by atoms with Gasteiger partial charge in [0, 0.05) is 17.8 Å². The Morgan fingerprint density at radius 2 is 1.87 bits per heavy atom. The van der Waals surface area contributed by atoms with E-state index >= 15 is 0 Å². The zero-order chi connectivity index (χ0) is 17.0. The van der Waals surface area contributed by atoms with Gasteiger partial charge in [0.05, 0.1) is 4.92 Å². The van der Waals surface area contributed by atoms with Gasteiger partial charge in [-0.05, 0) is 49.6 Å². The van der Waals surface area contributed by atoms with Gasteiger partial charge in [-0.15, -0.1) is 0 Å². The van der Waals surface area contributed by atoms with Crippen LogP contribution in [0.15, 0.2) is 36.4 Å². The fourth-order valence-electron chi connectivity index (χ4n) is 2.09. The number of amides is 1. The van der Waals surface area contributed by atoms with E-state index in [-0.39, 0.29) is 18.2 Å². The first-order chi connectivity index (χ1) is 10.9. The van der Waals surface area contributed by atoms with Crippen molar-refractivity contribution in [2.45, 2.75) is 20.8 Å². The van der Waals surface area contributed by atoms with Crippen LogP contribution in [0.1, 0.15) is 16.7 Å². The summed E-state index contributed by atoms with van der Waals surface area (Å²) in [4.78, 5) is 22.2. The molecular weight excluding hydrogens is 296 g/mol. The molecule has 120 valence electrons. The first-order valence-electron chi connectivity index (χ1n) is 7.12. The average molecular weight is 314 g/mol. The summed E-state index contributed by atoms with van der Waals surface area (Å²) in [5.74, 6) is 0.350. The molecule has 0 radical (unpaired) electrons. The number of carbonyl (C=O) groups excluding carboxylic acids is 1. The number of ether oxygens (including phenoxy) is 1. The number of non-ortho nitro benzene ring substituents is 1. The number of rotatable bonds is 5. The van der Waals surface area contributed by atoms with Crippen LogP contribution < -0.4 is 10.1 Å². The number of anilines is 1. The Bertz CT molecular complexity index is 756. The van der Waals surface area contributed by atoms with Crippen molar-refractivity contribution in [3.8, 4) is 5.75 Å². The Kier molecular flexibility index (Phi) is 4.95. The van der Waals surface area contributed by atoms with Crippen LogP contribution in [0.4, 0.5) is 11.4 Å². The minimum atomic E-state index is -0.470. The smallest absolute Gasteiger partial charge is 0.269 e. The highest BCUT2D eigenvalue weighted by Gasteiger charge is 2.11. The van der Waals surface area contributed by atoms with E-state index in [1.165, 1.54) is 18.2 Å². The van der Waals surface area contributed by atoms with Crippen molar-refractivity contribution in [1.29, 1.82) is 0 Å². The lowest BCUT2D eigenvalue weighted by Gasteiger charge is -2.11. The highest BCUT2D eigenvalue weighted by atomic mass is 16.6. The van der Waals surface area contributed by atoms with Crippen LogP contribution in [0.3, 0.4) is 0 Å². The Morgan fingerprint density at radius 1 is 1.13 bits per heavy atom. The Hall–Kier alpha value is -2.89. The van der Waals surface area contributed by atoms with E-state index in [2.05, 4.69) is 5.32 Å². The Labute approximate surface area is 134 Å². The summed E-state index contributed by atoms with van der Waals surface area (Å²) in [5, 5.41) is 13.4. The van der Waals surface area contributed by atoms with E-state index < -0.39 is 4.92 Å². The molecule has 6 nitrogen and oxygen atoms in total. The Balaban J connectivity index is 2.00. The molecule has 1 amide bonds. The maximum absolute atomic E-state index is 12.0. The van der Waals surface area contributed by atoms with Gasteiger partial charge in [-0.25, -0.2) is 0 Å².